The van der Waals surface area contributed by atoms with Gasteiger partial charge >= 0.3 is 5.97 Å². The van der Waals surface area contributed by atoms with E-state index in [2.05, 4.69) is 15.0 Å². The Bertz CT molecular complexity index is 756. The molecular formula is C16H17ClN2O3S. The van der Waals surface area contributed by atoms with E-state index in [1.807, 2.05) is 18.2 Å². The van der Waals surface area contributed by atoms with E-state index < -0.39 is 11.5 Å². The standard InChI is InChI=1S/C16H17ClN2O3S/c1-9-12(13(20)19-16(2,3)15(21)22-4)23-14(18-9)10-7-5-6-8-11(10)17/h5-8H,1-4H3,(H,19,20). The molecule has 122 valence electrons. The molecule has 0 radical (unpaired) electrons. The third-order valence-electron chi connectivity index (χ3n) is 3.23. The molecular weight excluding hydrogens is 336 g/mol. The Hall–Kier alpha value is -1.92. The smallest absolute Gasteiger partial charge is 0.330 e. The first-order valence-corrected chi connectivity index (χ1v) is 8.09. The monoisotopic (exact) mass is 352 g/mol. The van der Waals surface area contributed by atoms with Crippen molar-refractivity contribution in [2.45, 2.75) is 26.3 Å². The van der Waals surface area contributed by atoms with Gasteiger partial charge in [0, 0.05) is 5.56 Å². The second-order valence-electron chi connectivity index (χ2n) is 5.48. The van der Waals surface area contributed by atoms with E-state index in [0.29, 0.717) is 20.6 Å². The molecule has 0 saturated carbocycles. The summed E-state index contributed by atoms with van der Waals surface area (Å²) in [7, 11) is 1.28. The van der Waals surface area contributed by atoms with Crippen LogP contribution >= 0.6 is 22.9 Å². The van der Waals surface area contributed by atoms with Gasteiger partial charge in [-0.05, 0) is 26.8 Å². The van der Waals surface area contributed by atoms with Crippen molar-refractivity contribution in [3.8, 4) is 10.6 Å². The van der Waals surface area contributed by atoms with Crippen LogP contribution < -0.4 is 5.32 Å². The van der Waals surface area contributed by atoms with Gasteiger partial charge in [-0.15, -0.1) is 11.3 Å². The summed E-state index contributed by atoms with van der Waals surface area (Å²) < 4.78 is 4.69. The van der Waals surface area contributed by atoms with Crippen LogP contribution in [0.4, 0.5) is 0 Å². The van der Waals surface area contributed by atoms with Crippen LogP contribution in [0.5, 0.6) is 0 Å². The Morgan fingerprint density at radius 3 is 2.57 bits per heavy atom. The van der Waals surface area contributed by atoms with Gasteiger partial charge in [-0.1, -0.05) is 29.8 Å². The van der Waals surface area contributed by atoms with E-state index in [0.717, 1.165) is 5.56 Å². The van der Waals surface area contributed by atoms with E-state index in [1.54, 1.807) is 26.8 Å². The number of aromatic nitrogens is 1. The largest absolute Gasteiger partial charge is 0.467 e. The van der Waals surface area contributed by atoms with E-state index in [4.69, 9.17) is 11.6 Å². The molecule has 2 rings (SSSR count). The quantitative estimate of drug-likeness (QED) is 0.856. The first-order chi connectivity index (χ1) is 10.8. The van der Waals surface area contributed by atoms with Crippen molar-refractivity contribution in [3.05, 3.63) is 39.9 Å². The number of ether oxygens (including phenoxy) is 1. The fourth-order valence-electron chi connectivity index (χ4n) is 2.00. The predicted molar refractivity (Wildman–Crippen MR) is 90.9 cm³/mol. The number of hydrogen-bond donors (Lipinski definition) is 1. The molecule has 0 spiro atoms. The Labute approximate surface area is 143 Å². The number of thiazole rings is 1. The lowest BCUT2D eigenvalue weighted by Crippen LogP contribution is -2.50. The number of benzene rings is 1. The summed E-state index contributed by atoms with van der Waals surface area (Å²) in [4.78, 5) is 29.0. The minimum absolute atomic E-state index is 0.367. The highest BCUT2D eigenvalue weighted by atomic mass is 35.5. The predicted octanol–water partition coefficient (Wildman–Crippen LogP) is 3.45. The fraction of sp³-hybridized carbons (Fsp3) is 0.312. The van der Waals surface area contributed by atoms with Crippen molar-refractivity contribution in [1.29, 1.82) is 0 Å². The molecule has 1 aromatic carbocycles. The highest BCUT2D eigenvalue weighted by molar-refractivity contribution is 7.17. The number of carbonyl (C=O) groups is 2. The van der Waals surface area contributed by atoms with E-state index in [-0.39, 0.29) is 5.91 Å². The molecule has 1 N–H and O–H groups in total. The number of esters is 1. The van der Waals surface area contributed by atoms with Gasteiger partial charge in [0.05, 0.1) is 17.8 Å². The number of hydrogen-bond acceptors (Lipinski definition) is 5. The maximum atomic E-state index is 12.4. The first kappa shape index (κ1) is 17.4. The number of halogens is 1. The topological polar surface area (TPSA) is 68.3 Å². The zero-order valence-corrected chi connectivity index (χ0v) is 14.8. The van der Waals surface area contributed by atoms with Gasteiger partial charge < -0.3 is 10.1 Å². The number of rotatable bonds is 4. The lowest BCUT2D eigenvalue weighted by Gasteiger charge is -2.22. The number of carbonyl (C=O) groups excluding carboxylic acids is 2. The zero-order valence-electron chi connectivity index (χ0n) is 13.3. The second-order valence-corrected chi connectivity index (χ2v) is 6.89. The first-order valence-electron chi connectivity index (χ1n) is 6.89. The maximum Gasteiger partial charge on any atom is 0.330 e. The second kappa shape index (κ2) is 6.68. The van der Waals surface area contributed by atoms with Gasteiger partial charge in [0.2, 0.25) is 0 Å². The highest BCUT2D eigenvalue weighted by Crippen LogP contribution is 2.32. The number of nitrogens with zero attached hydrogens (tertiary/aromatic N) is 1. The minimum atomic E-state index is -1.12. The fourth-order valence-corrected chi connectivity index (χ4v) is 3.29. The molecule has 1 amide bonds. The number of methoxy groups -OCH3 is 1. The molecule has 0 fully saturated rings. The van der Waals surface area contributed by atoms with E-state index in [9.17, 15) is 9.59 Å². The molecule has 1 heterocycles. The Kier molecular flexibility index (Phi) is 5.06. The summed E-state index contributed by atoms with van der Waals surface area (Å²) in [6, 6.07) is 7.31. The SMILES string of the molecule is COC(=O)C(C)(C)NC(=O)c1sc(-c2ccccc2Cl)nc1C. The molecule has 0 aliphatic heterocycles. The van der Waals surface area contributed by atoms with Gasteiger partial charge in [0.25, 0.3) is 5.91 Å². The maximum absolute atomic E-state index is 12.4. The van der Waals surface area contributed by atoms with Gasteiger partial charge in [0.15, 0.2) is 0 Å². The summed E-state index contributed by atoms with van der Waals surface area (Å²) in [5, 5.41) is 3.90. The molecule has 2 aromatic rings. The van der Waals surface area contributed by atoms with Gasteiger partial charge in [0.1, 0.15) is 15.4 Å². The summed E-state index contributed by atoms with van der Waals surface area (Å²) in [5.74, 6) is -0.881. The van der Waals surface area contributed by atoms with Crippen molar-refractivity contribution in [2.24, 2.45) is 0 Å². The van der Waals surface area contributed by atoms with Gasteiger partial charge in [-0.25, -0.2) is 9.78 Å². The lowest BCUT2D eigenvalue weighted by molar-refractivity contribution is -0.146. The van der Waals surface area contributed by atoms with Crippen LogP contribution in [-0.4, -0.2) is 29.5 Å². The minimum Gasteiger partial charge on any atom is -0.467 e. The van der Waals surface area contributed by atoms with Gasteiger partial charge in [-0.3, -0.25) is 4.79 Å². The molecule has 0 unspecified atom stereocenters. The summed E-state index contributed by atoms with van der Waals surface area (Å²) in [5.41, 5.74) is 0.240. The normalized spacial score (nSPS) is 11.2. The van der Waals surface area contributed by atoms with Gasteiger partial charge in [-0.2, -0.15) is 0 Å². The summed E-state index contributed by atoms with van der Waals surface area (Å²) >= 11 is 7.41. The van der Waals surface area contributed by atoms with Crippen LogP contribution in [0.25, 0.3) is 10.6 Å². The Morgan fingerprint density at radius 1 is 1.30 bits per heavy atom. The van der Waals surface area contributed by atoms with Crippen molar-refractivity contribution in [3.63, 3.8) is 0 Å². The number of aryl methyl sites for hydroxylation is 1. The molecule has 5 nitrogen and oxygen atoms in total. The van der Waals surface area contributed by atoms with Crippen molar-refractivity contribution >= 4 is 34.8 Å². The average Bonchev–Trinajstić information content (AvgIpc) is 2.88. The van der Waals surface area contributed by atoms with Crippen LogP contribution in [0.2, 0.25) is 5.02 Å². The lowest BCUT2D eigenvalue weighted by atomic mass is 10.1. The molecule has 0 atom stereocenters. The molecule has 0 aliphatic carbocycles. The van der Waals surface area contributed by atoms with Crippen LogP contribution in [0, 0.1) is 6.92 Å². The van der Waals surface area contributed by atoms with Crippen LogP contribution in [-0.2, 0) is 9.53 Å². The Balaban J connectivity index is 2.30. The molecule has 0 bridgehead atoms. The average molecular weight is 353 g/mol. The molecule has 1 aromatic heterocycles. The van der Waals surface area contributed by atoms with Crippen molar-refractivity contribution in [2.75, 3.05) is 7.11 Å². The molecule has 23 heavy (non-hydrogen) atoms. The molecule has 0 aliphatic rings. The summed E-state index contributed by atoms with van der Waals surface area (Å²) in [6.45, 7) is 4.92. The third kappa shape index (κ3) is 3.71. The molecule has 0 saturated heterocycles. The van der Waals surface area contributed by atoms with Crippen molar-refractivity contribution < 1.29 is 14.3 Å². The van der Waals surface area contributed by atoms with Crippen molar-refractivity contribution in [1.82, 2.24) is 10.3 Å². The van der Waals surface area contributed by atoms with Crippen LogP contribution in [0.1, 0.15) is 29.2 Å². The van der Waals surface area contributed by atoms with E-state index >= 15 is 0 Å². The summed E-state index contributed by atoms with van der Waals surface area (Å²) in [6.07, 6.45) is 0. The number of nitrogens with one attached hydrogen (secondary N) is 1. The van der Waals surface area contributed by atoms with E-state index in [1.165, 1.54) is 18.4 Å². The zero-order chi connectivity index (χ0) is 17.2. The van der Waals surface area contributed by atoms with Crippen LogP contribution in [0.3, 0.4) is 0 Å². The van der Waals surface area contributed by atoms with Crippen LogP contribution in [0.15, 0.2) is 24.3 Å². The third-order valence-corrected chi connectivity index (χ3v) is 4.75. The highest BCUT2D eigenvalue weighted by Gasteiger charge is 2.32. The molecule has 7 heteroatoms. The Morgan fingerprint density at radius 2 is 1.96 bits per heavy atom. The number of amides is 1.